The SMILES string of the molecule is COC(=O)C1(Oc2c(Br)cc(SC)cc2[N+](=O)[O-])CC1. The third-order valence-electron chi connectivity index (χ3n) is 2.99. The first-order valence-corrected chi connectivity index (χ1v) is 7.74. The maximum Gasteiger partial charge on any atom is 0.350 e. The van der Waals surface area contributed by atoms with Crippen molar-refractivity contribution in [1.29, 1.82) is 0 Å². The molecule has 8 heteroatoms. The van der Waals surface area contributed by atoms with Crippen molar-refractivity contribution in [3.63, 3.8) is 0 Å². The van der Waals surface area contributed by atoms with Crippen molar-refractivity contribution < 1.29 is 19.2 Å². The van der Waals surface area contributed by atoms with Gasteiger partial charge in [-0.05, 0) is 28.3 Å². The Bertz CT molecular complexity index is 573. The lowest BCUT2D eigenvalue weighted by molar-refractivity contribution is -0.386. The number of esters is 1. The molecule has 0 heterocycles. The molecule has 1 fully saturated rings. The zero-order valence-corrected chi connectivity index (χ0v) is 13.2. The first kappa shape index (κ1) is 15.1. The Morgan fingerprint density at radius 1 is 1.50 bits per heavy atom. The fourth-order valence-electron chi connectivity index (χ4n) is 1.75. The van der Waals surface area contributed by atoms with E-state index in [1.165, 1.54) is 24.9 Å². The molecule has 1 aliphatic carbocycles. The number of nitro benzene ring substituents is 1. The molecular weight excluding hydrogens is 350 g/mol. The molecule has 0 N–H and O–H groups in total. The van der Waals surface area contributed by atoms with E-state index in [9.17, 15) is 14.9 Å². The standard InChI is InChI=1S/C12H12BrNO5S/c1-18-11(15)12(3-4-12)19-10-8(13)5-7(20-2)6-9(10)14(16)17/h5-6H,3-4H2,1-2H3. The minimum atomic E-state index is -1.08. The molecule has 1 aromatic carbocycles. The molecule has 0 aromatic heterocycles. The van der Waals surface area contributed by atoms with Gasteiger partial charge in [0.2, 0.25) is 11.4 Å². The van der Waals surface area contributed by atoms with Crippen molar-refractivity contribution in [3.8, 4) is 5.75 Å². The highest BCUT2D eigenvalue weighted by Gasteiger charge is 2.55. The third kappa shape index (κ3) is 2.76. The number of hydrogen-bond donors (Lipinski definition) is 0. The lowest BCUT2D eigenvalue weighted by Crippen LogP contribution is -2.31. The van der Waals surface area contributed by atoms with E-state index in [1.54, 1.807) is 6.07 Å². The van der Waals surface area contributed by atoms with E-state index in [0.717, 1.165) is 4.90 Å². The zero-order valence-electron chi connectivity index (χ0n) is 10.8. The maximum atomic E-state index is 11.7. The number of thioether (sulfide) groups is 1. The van der Waals surface area contributed by atoms with E-state index in [1.807, 2.05) is 6.26 Å². The van der Waals surface area contributed by atoms with Gasteiger partial charge in [-0.15, -0.1) is 11.8 Å². The van der Waals surface area contributed by atoms with Crippen LogP contribution in [0.4, 0.5) is 5.69 Å². The molecule has 0 spiro atoms. The average molecular weight is 362 g/mol. The van der Waals surface area contributed by atoms with Crippen LogP contribution in [-0.2, 0) is 9.53 Å². The summed E-state index contributed by atoms with van der Waals surface area (Å²) < 4.78 is 10.7. The molecule has 20 heavy (non-hydrogen) atoms. The number of carbonyl (C=O) groups excluding carboxylic acids is 1. The summed E-state index contributed by atoms with van der Waals surface area (Å²) in [7, 11) is 1.27. The smallest absolute Gasteiger partial charge is 0.350 e. The fraction of sp³-hybridized carbons (Fsp3) is 0.417. The summed E-state index contributed by atoms with van der Waals surface area (Å²) in [6.07, 6.45) is 2.81. The van der Waals surface area contributed by atoms with E-state index in [4.69, 9.17) is 4.74 Å². The predicted octanol–water partition coefficient (Wildman–Crippen LogP) is 3.16. The van der Waals surface area contributed by atoms with Crippen LogP contribution in [0.3, 0.4) is 0 Å². The predicted molar refractivity (Wildman–Crippen MR) is 77.2 cm³/mol. The van der Waals surface area contributed by atoms with Gasteiger partial charge in [0, 0.05) is 23.8 Å². The van der Waals surface area contributed by atoms with Crippen LogP contribution in [0.1, 0.15) is 12.8 Å². The second-order valence-corrected chi connectivity index (χ2v) is 6.04. The molecule has 0 unspecified atom stereocenters. The average Bonchev–Trinajstić information content (AvgIpc) is 3.20. The van der Waals surface area contributed by atoms with E-state index < -0.39 is 16.5 Å². The van der Waals surface area contributed by atoms with Gasteiger partial charge in [0.1, 0.15) is 0 Å². The van der Waals surface area contributed by atoms with E-state index in [2.05, 4.69) is 20.7 Å². The Morgan fingerprint density at radius 3 is 2.60 bits per heavy atom. The second kappa shape index (κ2) is 5.61. The molecule has 108 valence electrons. The van der Waals surface area contributed by atoms with Crippen LogP contribution in [0.15, 0.2) is 21.5 Å². The summed E-state index contributed by atoms with van der Waals surface area (Å²) >= 11 is 4.65. The number of nitro groups is 1. The molecule has 0 amide bonds. The van der Waals surface area contributed by atoms with Gasteiger partial charge in [-0.25, -0.2) is 4.79 Å². The maximum absolute atomic E-state index is 11.7. The molecule has 1 aromatic rings. The summed E-state index contributed by atoms with van der Waals surface area (Å²) in [5.41, 5.74) is -1.25. The lowest BCUT2D eigenvalue weighted by Gasteiger charge is -2.17. The highest BCUT2D eigenvalue weighted by Crippen LogP contribution is 2.47. The monoisotopic (exact) mass is 361 g/mol. The molecule has 0 atom stereocenters. The quantitative estimate of drug-likeness (QED) is 0.347. The second-order valence-electron chi connectivity index (χ2n) is 4.30. The molecule has 0 saturated heterocycles. The van der Waals surface area contributed by atoms with Crippen LogP contribution in [-0.4, -0.2) is 29.9 Å². The van der Waals surface area contributed by atoms with Crippen LogP contribution in [0, 0.1) is 10.1 Å². The first-order chi connectivity index (χ1) is 9.43. The Kier molecular flexibility index (Phi) is 4.24. The fourth-order valence-corrected chi connectivity index (χ4v) is 2.90. The van der Waals surface area contributed by atoms with Crippen LogP contribution in [0.5, 0.6) is 5.75 Å². The van der Waals surface area contributed by atoms with Crippen LogP contribution >= 0.6 is 27.7 Å². The van der Waals surface area contributed by atoms with Crippen molar-refractivity contribution in [2.45, 2.75) is 23.3 Å². The summed E-state index contributed by atoms with van der Waals surface area (Å²) in [4.78, 5) is 23.1. The zero-order chi connectivity index (χ0) is 14.9. The van der Waals surface area contributed by atoms with Crippen molar-refractivity contribution >= 4 is 39.3 Å². The van der Waals surface area contributed by atoms with Gasteiger partial charge in [0.05, 0.1) is 16.5 Å². The van der Waals surface area contributed by atoms with Crippen molar-refractivity contribution in [2.75, 3.05) is 13.4 Å². The molecular formula is C12H12BrNO5S. The van der Waals surface area contributed by atoms with Crippen molar-refractivity contribution in [3.05, 3.63) is 26.7 Å². The Labute approximate surface area is 128 Å². The van der Waals surface area contributed by atoms with Crippen LogP contribution in [0.25, 0.3) is 0 Å². The van der Waals surface area contributed by atoms with Gasteiger partial charge in [-0.1, -0.05) is 0 Å². The van der Waals surface area contributed by atoms with Gasteiger partial charge in [-0.2, -0.15) is 0 Å². The van der Waals surface area contributed by atoms with Gasteiger partial charge >= 0.3 is 11.7 Å². The Morgan fingerprint density at radius 2 is 2.15 bits per heavy atom. The number of hydrogen-bond acceptors (Lipinski definition) is 6. The molecule has 2 rings (SSSR count). The van der Waals surface area contributed by atoms with Crippen LogP contribution in [0.2, 0.25) is 0 Å². The normalized spacial score (nSPS) is 15.6. The first-order valence-electron chi connectivity index (χ1n) is 5.73. The van der Waals surface area contributed by atoms with E-state index in [-0.39, 0.29) is 11.4 Å². The molecule has 1 aliphatic rings. The van der Waals surface area contributed by atoms with E-state index >= 15 is 0 Å². The Hall–Kier alpha value is -1.28. The summed E-state index contributed by atoms with van der Waals surface area (Å²) in [6, 6.07) is 3.15. The summed E-state index contributed by atoms with van der Waals surface area (Å²) in [5, 5.41) is 11.2. The molecule has 1 saturated carbocycles. The highest BCUT2D eigenvalue weighted by atomic mass is 79.9. The van der Waals surface area contributed by atoms with Gasteiger partial charge in [0.25, 0.3) is 0 Å². The van der Waals surface area contributed by atoms with Crippen molar-refractivity contribution in [2.24, 2.45) is 0 Å². The number of ether oxygens (including phenoxy) is 2. The summed E-state index contributed by atoms with van der Waals surface area (Å²) in [5.74, 6) is -0.441. The Balaban J connectivity index is 2.41. The highest BCUT2D eigenvalue weighted by molar-refractivity contribution is 9.10. The number of nitrogens with zero attached hydrogens (tertiary/aromatic N) is 1. The molecule has 0 bridgehead atoms. The van der Waals surface area contributed by atoms with Crippen LogP contribution < -0.4 is 4.74 Å². The lowest BCUT2D eigenvalue weighted by atomic mass is 10.2. The molecule has 0 aliphatic heterocycles. The molecule has 6 nitrogen and oxygen atoms in total. The molecule has 0 radical (unpaired) electrons. The van der Waals surface area contributed by atoms with E-state index in [0.29, 0.717) is 17.3 Å². The minimum Gasteiger partial charge on any atom is -0.467 e. The number of rotatable bonds is 5. The van der Waals surface area contributed by atoms with Crippen molar-refractivity contribution in [1.82, 2.24) is 0 Å². The number of methoxy groups -OCH3 is 1. The number of benzene rings is 1. The van der Waals surface area contributed by atoms with Gasteiger partial charge in [-0.3, -0.25) is 10.1 Å². The van der Waals surface area contributed by atoms with Gasteiger partial charge < -0.3 is 9.47 Å². The largest absolute Gasteiger partial charge is 0.467 e. The number of carbonyl (C=O) groups is 1. The third-order valence-corrected chi connectivity index (χ3v) is 4.29. The minimum absolute atomic E-state index is 0.0655. The topological polar surface area (TPSA) is 78.7 Å². The summed E-state index contributed by atoms with van der Waals surface area (Å²) in [6.45, 7) is 0. The number of halogens is 1. The van der Waals surface area contributed by atoms with Gasteiger partial charge in [0.15, 0.2) is 0 Å².